The number of hydrogen-bond acceptors (Lipinski definition) is 3. The van der Waals surface area contributed by atoms with Gasteiger partial charge in [-0.15, -0.1) is 0 Å². The van der Waals surface area contributed by atoms with E-state index in [9.17, 15) is 9.90 Å². The maximum absolute atomic E-state index is 11.7. The Morgan fingerprint density at radius 3 is 2.38 bits per heavy atom. The number of carboxylic acid groups (broad SMARTS) is 1. The van der Waals surface area contributed by atoms with Crippen molar-refractivity contribution in [3.8, 4) is 22.5 Å². The number of aromatic nitrogens is 4. The lowest BCUT2D eigenvalue weighted by molar-refractivity contribution is 0.0697. The SMILES string of the molecule is Cc1cc(-c2nc3ccccc3n2C)cc2c1nc(C1CC1)n2Cc1ccc(-c2ccccc2C(=O)O)cc1. The highest BCUT2D eigenvalue weighted by atomic mass is 16.4. The highest BCUT2D eigenvalue weighted by molar-refractivity contribution is 5.96. The molecule has 1 saturated carbocycles. The van der Waals surface area contributed by atoms with Crippen molar-refractivity contribution in [2.24, 2.45) is 7.05 Å². The number of para-hydroxylation sites is 2. The molecule has 39 heavy (non-hydrogen) atoms. The quantitative estimate of drug-likeness (QED) is 0.256. The molecule has 1 aliphatic rings. The second kappa shape index (κ2) is 8.95. The maximum atomic E-state index is 11.7. The van der Waals surface area contributed by atoms with Gasteiger partial charge in [-0.3, -0.25) is 0 Å². The van der Waals surface area contributed by atoms with Gasteiger partial charge in [0.25, 0.3) is 0 Å². The van der Waals surface area contributed by atoms with E-state index >= 15 is 0 Å². The summed E-state index contributed by atoms with van der Waals surface area (Å²) in [5, 5.41) is 9.61. The van der Waals surface area contributed by atoms with E-state index in [4.69, 9.17) is 9.97 Å². The van der Waals surface area contributed by atoms with Crippen LogP contribution in [0.25, 0.3) is 44.6 Å². The van der Waals surface area contributed by atoms with E-state index in [1.165, 1.54) is 12.8 Å². The third-order valence-corrected chi connectivity index (χ3v) is 7.83. The number of hydrogen-bond donors (Lipinski definition) is 1. The van der Waals surface area contributed by atoms with E-state index in [1.807, 2.05) is 36.4 Å². The van der Waals surface area contributed by atoms with Crippen LogP contribution in [0.5, 0.6) is 0 Å². The Morgan fingerprint density at radius 1 is 0.897 bits per heavy atom. The van der Waals surface area contributed by atoms with Gasteiger partial charge in [0.15, 0.2) is 0 Å². The van der Waals surface area contributed by atoms with Crippen molar-refractivity contribution >= 4 is 28.0 Å². The summed E-state index contributed by atoms with van der Waals surface area (Å²) in [5.74, 6) is 1.68. The first-order chi connectivity index (χ1) is 19.0. The molecule has 6 nitrogen and oxygen atoms in total. The molecule has 0 spiro atoms. The molecule has 0 amide bonds. The fraction of sp³-hybridized carbons (Fsp3) is 0.182. The molecule has 0 saturated heterocycles. The molecule has 4 aromatic carbocycles. The Bertz CT molecular complexity index is 1890. The molecule has 6 aromatic rings. The topological polar surface area (TPSA) is 72.9 Å². The molecule has 0 radical (unpaired) electrons. The summed E-state index contributed by atoms with van der Waals surface area (Å²) in [5.41, 5.74) is 9.60. The Balaban J connectivity index is 1.31. The number of imidazole rings is 2. The van der Waals surface area contributed by atoms with Crippen LogP contribution in [0.2, 0.25) is 0 Å². The van der Waals surface area contributed by atoms with Gasteiger partial charge in [0.2, 0.25) is 0 Å². The molecule has 192 valence electrons. The third-order valence-electron chi connectivity index (χ3n) is 7.83. The molecule has 0 bridgehead atoms. The second-order valence-corrected chi connectivity index (χ2v) is 10.5. The van der Waals surface area contributed by atoms with Gasteiger partial charge >= 0.3 is 5.97 Å². The van der Waals surface area contributed by atoms with E-state index in [2.05, 4.69) is 59.5 Å². The number of fused-ring (bicyclic) bond motifs is 2. The summed E-state index contributed by atoms with van der Waals surface area (Å²) in [7, 11) is 2.07. The van der Waals surface area contributed by atoms with Crippen molar-refractivity contribution in [3.05, 3.63) is 107 Å². The van der Waals surface area contributed by atoms with Crippen molar-refractivity contribution in [2.45, 2.75) is 32.2 Å². The summed E-state index contributed by atoms with van der Waals surface area (Å²) in [6, 6.07) is 28.0. The van der Waals surface area contributed by atoms with Crippen molar-refractivity contribution < 1.29 is 9.90 Å². The average Bonchev–Trinajstić information content (AvgIpc) is 3.66. The standard InChI is InChI=1S/C33H28N4O2/c1-20-17-24(31-34-27-9-5-6-10-28(27)36(31)2)18-29-30(20)35-32(23-15-16-23)37(29)19-21-11-13-22(14-12-21)25-7-3-4-8-26(25)33(38)39/h3-14,17-18,23H,15-16,19H2,1-2H3,(H,38,39). The van der Waals surface area contributed by atoms with Crippen LogP contribution in [0.15, 0.2) is 84.9 Å². The number of nitrogens with zero attached hydrogens (tertiary/aromatic N) is 4. The van der Waals surface area contributed by atoms with Gasteiger partial charge in [0.05, 0.1) is 27.6 Å². The second-order valence-electron chi connectivity index (χ2n) is 10.5. The number of carbonyl (C=O) groups is 1. The maximum Gasteiger partial charge on any atom is 0.336 e. The summed E-state index contributed by atoms with van der Waals surface area (Å²) < 4.78 is 4.53. The fourth-order valence-electron chi connectivity index (χ4n) is 5.66. The van der Waals surface area contributed by atoms with E-state index in [0.29, 0.717) is 18.0 Å². The Hall–Kier alpha value is -4.71. The van der Waals surface area contributed by atoms with Crippen LogP contribution < -0.4 is 0 Å². The first-order valence-electron chi connectivity index (χ1n) is 13.3. The zero-order valence-electron chi connectivity index (χ0n) is 21.9. The number of benzene rings is 4. The largest absolute Gasteiger partial charge is 0.478 e. The molecular weight excluding hydrogens is 484 g/mol. The Morgan fingerprint density at radius 2 is 1.64 bits per heavy atom. The van der Waals surface area contributed by atoms with E-state index in [-0.39, 0.29) is 0 Å². The van der Waals surface area contributed by atoms with Gasteiger partial charge in [-0.25, -0.2) is 14.8 Å². The zero-order valence-corrected chi connectivity index (χ0v) is 21.9. The van der Waals surface area contributed by atoms with Crippen molar-refractivity contribution in [1.82, 2.24) is 19.1 Å². The third kappa shape index (κ3) is 4.00. The smallest absolute Gasteiger partial charge is 0.336 e. The first kappa shape index (κ1) is 23.4. The minimum Gasteiger partial charge on any atom is -0.478 e. The van der Waals surface area contributed by atoms with Crippen LogP contribution in [0, 0.1) is 6.92 Å². The molecule has 2 aromatic heterocycles. The lowest BCUT2D eigenvalue weighted by Gasteiger charge is -2.12. The molecule has 1 N–H and O–H groups in total. The van der Waals surface area contributed by atoms with Crippen LogP contribution in [-0.4, -0.2) is 30.2 Å². The van der Waals surface area contributed by atoms with Crippen molar-refractivity contribution in [3.63, 3.8) is 0 Å². The van der Waals surface area contributed by atoms with Crippen LogP contribution in [0.3, 0.4) is 0 Å². The molecule has 7 rings (SSSR count). The van der Waals surface area contributed by atoms with Crippen molar-refractivity contribution in [1.29, 1.82) is 0 Å². The van der Waals surface area contributed by atoms with E-state index in [1.54, 1.807) is 12.1 Å². The molecule has 2 heterocycles. The molecule has 1 fully saturated rings. The van der Waals surface area contributed by atoms with E-state index < -0.39 is 5.97 Å². The van der Waals surface area contributed by atoms with Gasteiger partial charge in [-0.05, 0) is 72.4 Å². The molecule has 6 heteroatoms. The molecule has 1 aliphatic carbocycles. The number of aromatic carboxylic acids is 1. The van der Waals surface area contributed by atoms with Crippen LogP contribution >= 0.6 is 0 Å². The minimum atomic E-state index is -0.916. The van der Waals surface area contributed by atoms with Gasteiger partial charge in [-0.1, -0.05) is 54.6 Å². The Labute approximate surface area is 226 Å². The molecule has 0 atom stereocenters. The van der Waals surface area contributed by atoms with Crippen molar-refractivity contribution in [2.75, 3.05) is 0 Å². The van der Waals surface area contributed by atoms with Gasteiger partial charge < -0.3 is 14.2 Å². The minimum absolute atomic E-state index is 0.312. The van der Waals surface area contributed by atoms with Crippen LogP contribution in [0.1, 0.15) is 46.1 Å². The normalized spacial score (nSPS) is 13.4. The zero-order chi connectivity index (χ0) is 26.7. The summed E-state index contributed by atoms with van der Waals surface area (Å²) in [4.78, 5) is 21.8. The molecule has 0 aliphatic heterocycles. The summed E-state index contributed by atoms with van der Waals surface area (Å²) >= 11 is 0. The number of rotatable bonds is 6. The number of carboxylic acids is 1. The van der Waals surface area contributed by atoms with Gasteiger partial charge in [-0.2, -0.15) is 0 Å². The predicted molar refractivity (Wildman–Crippen MR) is 154 cm³/mol. The summed E-state index contributed by atoms with van der Waals surface area (Å²) in [6.45, 7) is 2.84. The monoisotopic (exact) mass is 512 g/mol. The van der Waals surface area contributed by atoms with Crippen LogP contribution in [0.4, 0.5) is 0 Å². The number of aryl methyl sites for hydroxylation is 2. The highest BCUT2D eigenvalue weighted by Gasteiger charge is 2.30. The van der Waals surface area contributed by atoms with Gasteiger partial charge in [0.1, 0.15) is 11.6 Å². The van der Waals surface area contributed by atoms with Crippen LogP contribution in [-0.2, 0) is 13.6 Å². The highest BCUT2D eigenvalue weighted by Crippen LogP contribution is 2.42. The first-order valence-corrected chi connectivity index (χ1v) is 13.3. The fourth-order valence-corrected chi connectivity index (χ4v) is 5.66. The molecule has 0 unspecified atom stereocenters. The lowest BCUT2D eigenvalue weighted by atomic mass is 9.98. The van der Waals surface area contributed by atoms with E-state index in [0.717, 1.165) is 61.5 Å². The summed E-state index contributed by atoms with van der Waals surface area (Å²) in [6.07, 6.45) is 2.34. The lowest BCUT2D eigenvalue weighted by Crippen LogP contribution is -2.05. The Kier molecular flexibility index (Phi) is 5.37. The predicted octanol–water partition coefficient (Wildman–Crippen LogP) is 7.19. The molecular formula is C33H28N4O2. The average molecular weight is 513 g/mol. The van der Waals surface area contributed by atoms with Gasteiger partial charge in [0, 0.05) is 25.1 Å².